The molecular formula is C21H23Cl2F2N7O2. The summed E-state index contributed by atoms with van der Waals surface area (Å²) in [5, 5.41) is 17.9. The Bertz CT molecular complexity index is 1210. The number of benzene rings is 1. The Kier molecular flexibility index (Phi) is 6.23. The first kappa shape index (κ1) is 23.4. The summed E-state index contributed by atoms with van der Waals surface area (Å²) in [6, 6.07) is 3.69. The molecule has 0 unspecified atom stereocenters. The molecule has 1 aromatic carbocycles. The number of hydrogen-bond donors (Lipinski definition) is 2. The van der Waals surface area contributed by atoms with Crippen molar-refractivity contribution in [2.24, 2.45) is 0 Å². The quantitative estimate of drug-likeness (QED) is 0.535. The summed E-state index contributed by atoms with van der Waals surface area (Å²) < 4.78 is 31.7. The van der Waals surface area contributed by atoms with E-state index in [-0.39, 0.29) is 22.3 Å². The third kappa shape index (κ3) is 4.16. The van der Waals surface area contributed by atoms with Gasteiger partial charge in [0.15, 0.2) is 5.15 Å². The molecule has 182 valence electrons. The summed E-state index contributed by atoms with van der Waals surface area (Å²) in [5.41, 5.74) is 1.28. The number of fused-ring (bicyclic) bond motifs is 1. The van der Waals surface area contributed by atoms with Gasteiger partial charge >= 0.3 is 6.55 Å². The molecule has 2 atom stereocenters. The molecule has 0 aliphatic carbocycles. The minimum Gasteiger partial charge on any atom is -0.389 e. The van der Waals surface area contributed by atoms with Gasteiger partial charge in [0.1, 0.15) is 0 Å². The summed E-state index contributed by atoms with van der Waals surface area (Å²) in [5.74, 6) is 0.199. The lowest BCUT2D eigenvalue weighted by atomic mass is 9.95. The van der Waals surface area contributed by atoms with Gasteiger partial charge in [0.2, 0.25) is 5.95 Å². The molecule has 0 bridgehead atoms. The Hall–Kier alpha value is -2.31. The molecular weight excluding hydrogens is 491 g/mol. The zero-order chi connectivity index (χ0) is 24.0. The third-order valence-electron chi connectivity index (χ3n) is 6.55. The predicted octanol–water partition coefficient (Wildman–Crippen LogP) is 3.54. The van der Waals surface area contributed by atoms with Crippen LogP contribution in [0.3, 0.4) is 0 Å². The van der Waals surface area contributed by atoms with Gasteiger partial charge in [-0.2, -0.15) is 18.6 Å². The largest absolute Gasteiger partial charge is 0.389 e. The van der Waals surface area contributed by atoms with Gasteiger partial charge in [0.25, 0.3) is 0 Å². The van der Waals surface area contributed by atoms with Gasteiger partial charge in [-0.3, -0.25) is 4.90 Å². The number of anilines is 3. The summed E-state index contributed by atoms with van der Waals surface area (Å²) >= 11 is 12.6. The molecule has 0 amide bonds. The van der Waals surface area contributed by atoms with Crippen LogP contribution in [0.1, 0.15) is 13.5 Å². The van der Waals surface area contributed by atoms with E-state index in [9.17, 15) is 13.9 Å². The van der Waals surface area contributed by atoms with Gasteiger partial charge in [-0.05, 0) is 19.1 Å². The first-order valence-corrected chi connectivity index (χ1v) is 11.5. The second kappa shape index (κ2) is 9.04. The molecule has 0 spiro atoms. The molecule has 2 aliphatic rings. The van der Waals surface area contributed by atoms with Crippen LogP contribution in [0.4, 0.5) is 26.1 Å². The number of rotatable bonds is 5. The summed E-state index contributed by atoms with van der Waals surface area (Å²) in [6.07, 6.45) is 2.29. The Morgan fingerprint density at radius 1 is 1.21 bits per heavy atom. The molecule has 2 aliphatic heterocycles. The van der Waals surface area contributed by atoms with Crippen molar-refractivity contribution < 1.29 is 18.6 Å². The highest BCUT2D eigenvalue weighted by Crippen LogP contribution is 2.34. The van der Waals surface area contributed by atoms with Crippen molar-refractivity contribution in [2.75, 3.05) is 49.6 Å². The van der Waals surface area contributed by atoms with Gasteiger partial charge < -0.3 is 20.1 Å². The van der Waals surface area contributed by atoms with Crippen LogP contribution < -0.4 is 10.2 Å². The average molecular weight is 514 g/mol. The SMILES string of the molecule is C[C@@]1(N2CCN(c3cc4nc(Nc5cnn(C(F)F)c5Cl)ncc4cc3Cl)CC2)COC[C@@H]1O. The molecule has 2 fully saturated rings. The molecule has 3 aromatic rings. The van der Waals surface area contributed by atoms with E-state index < -0.39 is 12.7 Å². The van der Waals surface area contributed by atoms with Crippen molar-refractivity contribution in [3.05, 3.63) is 34.7 Å². The second-order valence-electron chi connectivity index (χ2n) is 8.61. The van der Waals surface area contributed by atoms with Crippen molar-refractivity contribution in [1.29, 1.82) is 0 Å². The maximum atomic E-state index is 12.9. The number of ether oxygens (including phenoxy) is 1. The van der Waals surface area contributed by atoms with Gasteiger partial charge in [-0.15, -0.1) is 0 Å². The van der Waals surface area contributed by atoms with Crippen LogP contribution >= 0.6 is 23.2 Å². The Morgan fingerprint density at radius 2 is 1.97 bits per heavy atom. The molecule has 13 heteroatoms. The van der Waals surface area contributed by atoms with E-state index in [4.69, 9.17) is 27.9 Å². The average Bonchev–Trinajstić information content (AvgIpc) is 3.36. The number of alkyl halides is 2. The van der Waals surface area contributed by atoms with Crippen molar-refractivity contribution in [3.8, 4) is 0 Å². The van der Waals surface area contributed by atoms with Gasteiger partial charge in [-0.1, -0.05) is 23.2 Å². The van der Waals surface area contributed by atoms with Gasteiger partial charge in [0.05, 0.1) is 53.0 Å². The number of hydrogen-bond acceptors (Lipinski definition) is 8. The van der Waals surface area contributed by atoms with Gasteiger partial charge in [-0.25, -0.2) is 9.97 Å². The van der Waals surface area contributed by atoms with Crippen LogP contribution in [-0.2, 0) is 4.74 Å². The molecule has 2 N–H and O–H groups in total. The smallest absolute Gasteiger partial charge is 0.334 e. The first-order valence-electron chi connectivity index (χ1n) is 10.8. The Labute approximate surface area is 204 Å². The highest BCUT2D eigenvalue weighted by molar-refractivity contribution is 6.34. The molecule has 0 radical (unpaired) electrons. The van der Waals surface area contributed by atoms with E-state index in [2.05, 4.69) is 30.2 Å². The number of aliphatic hydroxyl groups excluding tert-OH is 1. The Balaban J connectivity index is 1.35. The number of halogens is 4. The van der Waals surface area contributed by atoms with Crippen LogP contribution in [0.15, 0.2) is 24.5 Å². The highest BCUT2D eigenvalue weighted by Gasteiger charge is 2.44. The van der Waals surface area contributed by atoms with E-state index in [1.807, 2.05) is 13.0 Å². The van der Waals surface area contributed by atoms with E-state index in [0.29, 0.717) is 28.4 Å². The molecule has 5 rings (SSSR count). The number of aromatic nitrogens is 4. The second-order valence-corrected chi connectivity index (χ2v) is 9.38. The zero-order valence-electron chi connectivity index (χ0n) is 18.3. The lowest BCUT2D eigenvalue weighted by Gasteiger charge is -2.45. The van der Waals surface area contributed by atoms with E-state index in [1.54, 1.807) is 12.3 Å². The number of nitrogens with zero attached hydrogens (tertiary/aromatic N) is 6. The first-order chi connectivity index (χ1) is 16.3. The fourth-order valence-corrected chi connectivity index (χ4v) is 4.95. The fraction of sp³-hybridized carbons (Fsp3) is 0.476. The summed E-state index contributed by atoms with van der Waals surface area (Å²) in [7, 11) is 0. The number of piperazine rings is 1. The van der Waals surface area contributed by atoms with Crippen molar-refractivity contribution in [1.82, 2.24) is 24.6 Å². The van der Waals surface area contributed by atoms with Crippen LogP contribution in [-0.4, -0.2) is 80.8 Å². The molecule has 2 aromatic heterocycles. The lowest BCUT2D eigenvalue weighted by Crippen LogP contribution is -2.60. The lowest BCUT2D eigenvalue weighted by molar-refractivity contribution is 0.00884. The minimum atomic E-state index is -2.85. The number of aliphatic hydroxyl groups is 1. The van der Waals surface area contributed by atoms with Crippen molar-refractivity contribution in [3.63, 3.8) is 0 Å². The molecule has 4 heterocycles. The maximum absolute atomic E-state index is 12.9. The van der Waals surface area contributed by atoms with E-state index in [1.165, 1.54) is 6.20 Å². The standard InChI is InChI=1S/C21H23Cl2F2N7O2/c1-21(11-34-10-17(21)33)31-4-2-30(3-5-31)16-7-14-12(6-13(16)22)8-26-20(28-14)29-15-9-27-32(18(15)23)19(24)25/h6-9,17,19,33H,2-5,10-11H2,1H3,(H,26,28,29)/t17-,21+/m0/s1. The summed E-state index contributed by atoms with van der Waals surface area (Å²) in [4.78, 5) is 13.2. The van der Waals surface area contributed by atoms with Crippen LogP contribution in [0.2, 0.25) is 10.2 Å². The predicted molar refractivity (Wildman–Crippen MR) is 125 cm³/mol. The topological polar surface area (TPSA) is 91.6 Å². The van der Waals surface area contributed by atoms with Crippen LogP contribution in [0.5, 0.6) is 0 Å². The third-order valence-corrected chi connectivity index (χ3v) is 7.22. The van der Waals surface area contributed by atoms with Crippen molar-refractivity contribution >= 4 is 51.4 Å². The Morgan fingerprint density at radius 3 is 2.62 bits per heavy atom. The van der Waals surface area contributed by atoms with Gasteiger partial charge in [0, 0.05) is 37.8 Å². The number of nitrogens with one attached hydrogen (secondary N) is 1. The molecule has 34 heavy (non-hydrogen) atoms. The van der Waals surface area contributed by atoms with E-state index >= 15 is 0 Å². The highest BCUT2D eigenvalue weighted by atomic mass is 35.5. The monoisotopic (exact) mass is 513 g/mol. The minimum absolute atomic E-state index is 0.179. The molecule has 0 saturated carbocycles. The molecule has 9 nitrogen and oxygen atoms in total. The molecule has 2 saturated heterocycles. The van der Waals surface area contributed by atoms with Crippen LogP contribution in [0.25, 0.3) is 10.9 Å². The maximum Gasteiger partial charge on any atom is 0.334 e. The zero-order valence-corrected chi connectivity index (χ0v) is 19.8. The van der Waals surface area contributed by atoms with E-state index in [0.717, 1.165) is 37.3 Å². The van der Waals surface area contributed by atoms with Crippen LogP contribution in [0, 0.1) is 0 Å². The fourth-order valence-electron chi connectivity index (χ4n) is 4.44. The normalized spacial score (nSPS) is 23.9. The summed E-state index contributed by atoms with van der Waals surface area (Å²) in [6.45, 7) is 3.03. The van der Waals surface area contributed by atoms with Crippen molar-refractivity contribution in [2.45, 2.75) is 25.1 Å².